The summed E-state index contributed by atoms with van der Waals surface area (Å²) < 4.78 is 20.8. The standard InChI is InChI=1S/C32H64O4Si2/c1-24(32(34-25(2)33)23-21-26-18-16-17-22-31(26,32)11)19-20-27(35-37(12,13)28(3,4)5)30(9,10)36-38(14,15)29(6,7)8/h24,26-27H,16-23H2,1-15H3/t24-,26?,27-,31+,32+/m0/s1. The highest BCUT2D eigenvalue weighted by Crippen LogP contribution is 2.62. The Hall–Kier alpha value is -0.176. The number of carbonyl (C=O) groups excluding carboxylic acids is 1. The number of esters is 1. The molecule has 0 amide bonds. The molecule has 0 radical (unpaired) electrons. The third kappa shape index (κ3) is 6.82. The Bertz CT molecular complexity index is 822. The van der Waals surface area contributed by atoms with Gasteiger partial charge in [0.2, 0.25) is 0 Å². The molecule has 1 unspecified atom stereocenters. The maximum absolute atomic E-state index is 12.5. The zero-order valence-electron chi connectivity index (χ0n) is 28.0. The quantitative estimate of drug-likeness (QED) is 0.194. The van der Waals surface area contributed by atoms with Crippen molar-refractivity contribution in [2.45, 2.75) is 181 Å². The van der Waals surface area contributed by atoms with E-state index in [2.05, 4.69) is 95.4 Å². The first-order valence-corrected chi connectivity index (χ1v) is 21.3. The van der Waals surface area contributed by atoms with Gasteiger partial charge < -0.3 is 13.6 Å². The van der Waals surface area contributed by atoms with Gasteiger partial charge in [0.15, 0.2) is 16.6 Å². The van der Waals surface area contributed by atoms with Crippen molar-refractivity contribution >= 4 is 22.6 Å². The van der Waals surface area contributed by atoms with Gasteiger partial charge in [-0.25, -0.2) is 0 Å². The van der Waals surface area contributed by atoms with E-state index >= 15 is 0 Å². The van der Waals surface area contributed by atoms with Crippen molar-refractivity contribution in [3.63, 3.8) is 0 Å². The summed E-state index contributed by atoms with van der Waals surface area (Å²) in [6.07, 6.45) is 9.05. The maximum Gasteiger partial charge on any atom is 0.303 e. The smallest absolute Gasteiger partial charge is 0.303 e. The molecular weight excluding hydrogens is 505 g/mol. The van der Waals surface area contributed by atoms with Crippen LogP contribution >= 0.6 is 0 Å². The van der Waals surface area contributed by atoms with Crippen LogP contribution in [0.2, 0.25) is 36.3 Å². The summed E-state index contributed by atoms with van der Waals surface area (Å²) >= 11 is 0. The lowest BCUT2D eigenvalue weighted by molar-refractivity contribution is -0.188. The fourth-order valence-electron chi connectivity index (χ4n) is 7.03. The first kappa shape index (κ1) is 34.0. The summed E-state index contributed by atoms with van der Waals surface area (Å²) in [7, 11) is -4.05. The van der Waals surface area contributed by atoms with Gasteiger partial charge in [-0.2, -0.15) is 0 Å². The first-order valence-electron chi connectivity index (χ1n) is 15.5. The molecule has 0 N–H and O–H groups in total. The van der Waals surface area contributed by atoms with E-state index in [0.717, 1.165) is 19.3 Å². The molecule has 4 nitrogen and oxygen atoms in total. The molecule has 224 valence electrons. The number of fused-ring (bicyclic) bond motifs is 1. The van der Waals surface area contributed by atoms with Crippen LogP contribution < -0.4 is 0 Å². The van der Waals surface area contributed by atoms with Gasteiger partial charge in [0.1, 0.15) is 5.60 Å². The van der Waals surface area contributed by atoms with Gasteiger partial charge in [-0.3, -0.25) is 4.79 Å². The summed E-state index contributed by atoms with van der Waals surface area (Å²) in [4.78, 5) is 12.5. The second-order valence-electron chi connectivity index (χ2n) is 16.7. The van der Waals surface area contributed by atoms with Crippen molar-refractivity contribution in [3.05, 3.63) is 0 Å². The summed E-state index contributed by atoms with van der Waals surface area (Å²) in [5, 5.41) is 0.254. The molecule has 0 spiro atoms. The Morgan fingerprint density at radius 3 is 1.92 bits per heavy atom. The summed E-state index contributed by atoms with van der Waals surface area (Å²) in [6, 6.07) is 0. The molecule has 2 rings (SSSR count). The second kappa shape index (κ2) is 11.2. The molecule has 0 saturated heterocycles. The predicted molar refractivity (Wildman–Crippen MR) is 167 cm³/mol. The second-order valence-corrected chi connectivity index (χ2v) is 26.2. The number of ether oxygens (including phenoxy) is 1. The number of hydrogen-bond acceptors (Lipinski definition) is 4. The molecule has 0 bridgehead atoms. The fourth-order valence-corrected chi connectivity index (χ4v) is 10.2. The summed E-state index contributed by atoms with van der Waals surface area (Å²) in [5.41, 5.74) is -0.713. The van der Waals surface area contributed by atoms with Crippen molar-refractivity contribution in [1.29, 1.82) is 0 Å². The molecule has 0 aromatic rings. The van der Waals surface area contributed by atoms with Crippen molar-refractivity contribution < 1.29 is 18.4 Å². The van der Waals surface area contributed by atoms with Crippen LogP contribution in [0.5, 0.6) is 0 Å². The Labute approximate surface area is 239 Å². The number of carbonyl (C=O) groups is 1. The van der Waals surface area contributed by atoms with E-state index in [-0.39, 0.29) is 39.1 Å². The van der Waals surface area contributed by atoms with E-state index in [1.54, 1.807) is 6.92 Å². The lowest BCUT2D eigenvalue weighted by Gasteiger charge is -2.52. The van der Waals surface area contributed by atoms with E-state index < -0.39 is 22.2 Å². The molecule has 5 atom stereocenters. The molecule has 2 aliphatic rings. The predicted octanol–water partition coefficient (Wildman–Crippen LogP) is 9.89. The van der Waals surface area contributed by atoms with Gasteiger partial charge in [0, 0.05) is 12.3 Å². The van der Waals surface area contributed by atoms with E-state index in [4.69, 9.17) is 13.6 Å². The minimum absolute atomic E-state index is 0.00860. The molecule has 38 heavy (non-hydrogen) atoms. The van der Waals surface area contributed by atoms with Crippen molar-refractivity contribution in [3.8, 4) is 0 Å². The molecule has 2 fully saturated rings. The topological polar surface area (TPSA) is 44.8 Å². The van der Waals surface area contributed by atoms with Crippen molar-refractivity contribution in [2.24, 2.45) is 17.3 Å². The normalized spacial score (nSPS) is 29.1. The molecule has 0 aromatic heterocycles. The van der Waals surface area contributed by atoms with Crippen LogP contribution in [0.1, 0.15) is 128 Å². The number of hydrogen-bond donors (Lipinski definition) is 0. The average molecular weight is 569 g/mol. The molecule has 6 heteroatoms. The minimum Gasteiger partial charge on any atom is -0.458 e. The Kier molecular flexibility index (Phi) is 10.1. The van der Waals surface area contributed by atoms with Gasteiger partial charge in [0.25, 0.3) is 0 Å². The largest absolute Gasteiger partial charge is 0.458 e. The highest BCUT2D eigenvalue weighted by atomic mass is 28.4. The Morgan fingerprint density at radius 2 is 1.42 bits per heavy atom. The minimum atomic E-state index is -2.04. The third-order valence-corrected chi connectivity index (χ3v) is 20.7. The van der Waals surface area contributed by atoms with Crippen LogP contribution in [0.3, 0.4) is 0 Å². The van der Waals surface area contributed by atoms with E-state index in [1.165, 1.54) is 32.1 Å². The van der Waals surface area contributed by atoms with E-state index in [0.29, 0.717) is 5.92 Å². The fraction of sp³-hybridized carbons (Fsp3) is 0.969. The summed E-state index contributed by atoms with van der Waals surface area (Å²) in [5.74, 6) is 0.810. The van der Waals surface area contributed by atoms with Crippen LogP contribution in [0.15, 0.2) is 0 Å². The van der Waals surface area contributed by atoms with E-state index in [1.807, 2.05) is 0 Å². The number of rotatable bonds is 10. The highest BCUT2D eigenvalue weighted by Gasteiger charge is 2.62. The van der Waals surface area contributed by atoms with Crippen LogP contribution in [0, 0.1) is 17.3 Å². The lowest BCUT2D eigenvalue weighted by atomic mass is 9.59. The van der Waals surface area contributed by atoms with Crippen LogP contribution in [0.4, 0.5) is 0 Å². The van der Waals surface area contributed by atoms with Gasteiger partial charge in [-0.15, -0.1) is 0 Å². The SMILES string of the molecule is CC(=O)O[C@@]1([C@@H](C)CC[C@H](O[Si](C)(C)C(C)(C)C)C(C)(C)O[Si](C)(C)C(C)(C)C)CCC2CCCC[C@]21C. The molecule has 2 saturated carbocycles. The van der Waals surface area contributed by atoms with Gasteiger partial charge in [-0.1, -0.05) is 68.2 Å². The van der Waals surface area contributed by atoms with Crippen molar-refractivity contribution in [1.82, 2.24) is 0 Å². The average Bonchev–Trinajstić information content (AvgIpc) is 3.00. The van der Waals surface area contributed by atoms with Crippen LogP contribution in [-0.2, 0) is 18.4 Å². The van der Waals surface area contributed by atoms with Crippen molar-refractivity contribution in [2.75, 3.05) is 0 Å². The summed E-state index contributed by atoms with van der Waals surface area (Å²) in [6.45, 7) is 34.2. The van der Waals surface area contributed by atoms with Crippen LogP contribution in [0.25, 0.3) is 0 Å². The lowest BCUT2D eigenvalue weighted by Crippen LogP contribution is -2.57. The van der Waals surface area contributed by atoms with Crippen LogP contribution in [-0.4, -0.2) is 39.9 Å². The monoisotopic (exact) mass is 568 g/mol. The highest BCUT2D eigenvalue weighted by molar-refractivity contribution is 6.74. The van der Waals surface area contributed by atoms with Gasteiger partial charge >= 0.3 is 5.97 Å². The molecule has 0 aromatic carbocycles. The van der Waals surface area contributed by atoms with Gasteiger partial charge in [-0.05, 0) is 100 Å². The molecular formula is C32H64O4Si2. The maximum atomic E-state index is 12.5. The zero-order valence-corrected chi connectivity index (χ0v) is 30.0. The Morgan fingerprint density at radius 1 is 0.868 bits per heavy atom. The first-order chi connectivity index (χ1) is 16.9. The molecule has 0 aliphatic heterocycles. The zero-order chi connectivity index (χ0) is 29.6. The third-order valence-electron chi connectivity index (χ3n) is 11.6. The van der Waals surface area contributed by atoms with Gasteiger partial charge in [0.05, 0.1) is 11.7 Å². The molecule has 2 aliphatic carbocycles. The molecule has 0 heterocycles. The van der Waals surface area contributed by atoms with E-state index in [9.17, 15) is 4.79 Å². The Balaban J connectivity index is 2.40.